The number of carbonyl (C=O) groups excluding carboxylic acids is 1. The van der Waals surface area contributed by atoms with Crippen LogP contribution < -0.4 is 14.8 Å². The van der Waals surface area contributed by atoms with Crippen LogP contribution in [0, 0.1) is 5.92 Å². The summed E-state index contributed by atoms with van der Waals surface area (Å²) in [6, 6.07) is 3.24. The molecule has 2 aliphatic heterocycles. The van der Waals surface area contributed by atoms with E-state index in [1.54, 1.807) is 12.1 Å². The van der Waals surface area contributed by atoms with Crippen molar-refractivity contribution in [3.8, 4) is 11.5 Å². The van der Waals surface area contributed by atoms with Crippen LogP contribution in [0.1, 0.15) is 24.2 Å². The Kier molecular flexibility index (Phi) is 5.48. The molecule has 3 rings (SSSR count). The van der Waals surface area contributed by atoms with E-state index < -0.39 is 0 Å². The highest BCUT2D eigenvalue weighted by Crippen LogP contribution is 2.39. The Morgan fingerprint density at radius 2 is 2.25 bits per heavy atom. The van der Waals surface area contributed by atoms with Crippen molar-refractivity contribution in [1.82, 2.24) is 10.2 Å². The smallest absolute Gasteiger partial charge is 0.251 e. The number of morpholine rings is 1. The van der Waals surface area contributed by atoms with E-state index in [-0.39, 0.29) is 18.8 Å². The van der Waals surface area contributed by atoms with Gasteiger partial charge >= 0.3 is 0 Å². The Morgan fingerprint density at radius 1 is 1.42 bits per heavy atom. The number of hydrogen-bond donors (Lipinski definition) is 1. The lowest BCUT2D eigenvalue weighted by Crippen LogP contribution is -2.48. The molecule has 0 spiro atoms. The second-order valence-electron chi connectivity index (χ2n) is 6.55. The average molecular weight is 355 g/mol. The van der Waals surface area contributed by atoms with Gasteiger partial charge in [0.05, 0.1) is 17.7 Å². The summed E-state index contributed by atoms with van der Waals surface area (Å²) < 4.78 is 16.3. The van der Waals surface area contributed by atoms with Gasteiger partial charge in [-0.1, -0.05) is 25.4 Å². The molecular weight excluding hydrogens is 332 g/mol. The highest BCUT2D eigenvalue weighted by molar-refractivity contribution is 6.32. The molecular formula is C17H23ClN2O4. The predicted molar refractivity (Wildman–Crippen MR) is 90.9 cm³/mol. The van der Waals surface area contributed by atoms with E-state index in [0.717, 1.165) is 19.6 Å². The van der Waals surface area contributed by atoms with Crippen LogP contribution in [0.15, 0.2) is 12.1 Å². The molecule has 0 bridgehead atoms. The molecule has 7 heteroatoms. The number of nitrogens with one attached hydrogen (secondary N) is 1. The van der Waals surface area contributed by atoms with Gasteiger partial charge in [0.2, 0.25) is 6.79 Å². The van der Waals surface area contributed by atoms with Crippen molar-refractivity contribution in [3.63, 3.8) is 0 Å². The van der Waals surface area contributed by atoms with Crippen LogP contribution >= 0.6 is 11.6 Å². The van der Waals surface area contributed by atoms with E-state index in [1.165, 1.54) is 0 Å². The summed E-state index contributed by atoms with van der Waals surface area (Å²) in [5.74, 6) is 1.42. The molecule has 1 amide bonds. The van der Waals surface area contributed by atoms with Crippen LogP contribution in [0.5, 0.6) is 11.5 Å². The molecule has 1 aromatic carbocycles. The van der Waals surface area contributed by atoms with Gasteiger partial charge in [0, 0.05) is 31.7 Å². The zero-order valence-corrected chi connectivity index (χ0v) is 14.8. The molecule has 1 fully saturated rings. The highest BCUT2D eigenvalue weighted by atomic mass is 35.5. The third-order valence-corrected chi connectivity index (χ3v) is 4.31. The number of amides is 1. The summed E-state index contributed by atoms with van der Waals surface area (Å²) in [6.45, 7) is 8.53. The maximum atomic E-state index is 12.4. The van der Waals surface area contributed by atoms with Crippen LogP contribution in [-0.4, -0.2) is 56.5 Å². The SMILES string of the molecule is CC(C)CN1CCOC(CNC(=O)c2cc(Cl)c3c(c2)OCO3)C1. The zero-order chi connectivity index (χ0) is 17.1. The monoisotopic (exact) mass is 354 g/mol. The van der Waals surface area contributed by atoms with Crippen molar-refractivity contribution in [2.75, 3.05) is 39.6 Å². The fraction of sp³-hybridized carbons (Fsp3) is 0.588. The van der Waals surface area contributed by atoms with E-state index in [4.69, 9.17) is 25.8 Å². The highest BCUT2D eigenvalue weighted by Gasteiger charge is 2.23. The Balaban J connectivity index is 1.55. The number of ether oxygens (including phenoxy) is 3. The van der Waals surface area contributed by atoms with Gasteiger partial charge in [-0.2, -0.15) is 0 Å². The van der Waals surface area contributed by atoms with Gasteiger partial charge in [-0.25, -0.2) is 0 Å². The largest absolute Gasteiger partial charge is 0.454 e. The first-order valence-electron chi connectivity index (χ1n) is 8.24. The van der Waals surface area contributed by atoms with Crippen LogP contribution in [0.25, 0.3) is 0 Å². The van der Waals surface area contributed by atoms with Crippen LogP contribution in [0.3, 0.4) is 0 Å². The van der Waals surface area contributed by atoms with Crippen molar-refractivity contribution in [3.05, 3.63) is 22.7 Å². The summed E-state index contributed by atoms with van der Waals surface area (Å²) in [4.78, 5) is 14.7. The first kappa shape index (κ1) is 17.3. The van der Waals surface area contributed by atoms with E-state index >= 15 is 0 Å². The molecule has 0 aromatic heterocycles. The molecule has 6 nitrogen and oxygen atoms in total. The van der Waals surface area contributed by atoms with E-state index in [2.05, 4.69) is 24.1 Å². The van der Waals surface area contributed by atoms with Gasteiger partial charge in [0.25, 0.3) is 5.91 Å². The van der Waals surface area contributed by atoms with Crippen molar-refractivity contribution < 1.29 is 19.0 Å². The van der Waals surface area contributed by atoms with Gasteiger partial charge in [-0.3, -0.25) is 9.69 Å². The number of halogens is 1. The average Bonchev–Trinajstić information content (AvgIpc) is 3.01. The summed E-state index contributed by atoms with van der Waals surface area (Å²) in [5.41, 5.74) is 0.457. The minimum atomic E-state index is -0.195. The van der Waals surface area contributed by atoms with Gasteiger partial charge in [0.15, 0.2) is 11.5 Å². The molecule has 0 radical (unpaired) electrons. The number of rotatable bonds is 5. The summed E-state index contributed by atoms with van der Waals surface area (Å²) in [5, 5.41) is 3.30. The lowest BCUT2D eigenvalue weighted by atomic mass is 10.1. The number of carbonyl (C=O) groups is 1. The van der Waals surface area contributed by atoms with Crippen molar-refractivity contribution >= 4 is 17.5 Å². The predicted octanol–water partition coefficient (Wildman–Crippen LogP) is 2.16. The lowest BCUT2D eigenvalue weighted by molar-refractivity contribution is -0.0295. The number of fused-ring (bicyclic) bond motifs is 1. The minimum Gasteiger partial charge on any atom is -0.454 e. The molecule has 2 heterocycles. The maximum absolute atomic E-state index is 12.4. The second-order valence-corrected chi connectivity index (χ2v) is 6.96. The summed E-state index contributed by atoms with van der Waals surface area (Å²) in [7, 11) is 0. The normalized spacial score (nSPS) is 20.4. The molecule has 1 N–H and O–H groups in total. The second kappa shape index (κ2) is 7.59. The molecule has 0 saturated carbocycles. The van der Waals surface area contributed by atoms with E-state index in [1.807, 2.05) is 0 Å². The topological polar surface area (TPSA) is 60.0 Å². The quantitative estimate of drug-likeness (QED) is 0.878. The van der Waals surface area contributed by atoms with Gasteiger partial charge < -0.3 is 19.5 Å². The van der Waals surface area contributed by atoms with Gasteiger partial charge in [-0.05, 0) is 18.1 Å². The fourth-order valence-electron chi connectivity index (χ4n) is 2.99. The molecule has 1 saturated heterocycles. The van der Waals surface area contributed by atoms with Crippen LogP contribution in [0.4, 0.5) is 0 Å². The molecule has 1 aromatic rings. The lowest BCUT2D eigenvalue weighted by Gasteiger charge is -2.33. The van der Waals surface area contributed by atoms with Crippen molar-refractivity contribution in [1.29, 1.82) is 0 Å². The minimum absolute atomic E-state index is 0.00549. The molecule has 0 aliphatic carbocycles. The van der Waals surface area contributed by atoms with Gasteiger partial charge in [-0.15, -0.1) is 0 Å². The summed E-state index contributed by atoms with van der Waals surface area (Å²) >= 11 is 6.12. The van der Waals surface area contributed by atoms with Crippen molar-refractivity contribution in [2.45, 2.75) is 20.0 Å². The van der Waals surface area contributed by atoms with Gasteiger partial charge in [0.1, 0.15) is 0 Å². The van der Waals surface area contributed by atoms with E-state index in [9.17, 15) is 4.79 Å². The number of benzene rings is 1. The Morgan fingerprint density at radius 3 is 3.04 bits per heavy atom. The molecule has 1 unspecified atom stereocenters. The Hall–Kier alpha value is -1.50. The van der Waals surface area contributed by atoms with Crippen LogP contribution in [-0.2, 0) is 4.74 Å². The zero-order valence-electron chi connectivity index (χ0n) is 14.0. The standard InChI is InChI=1S/C17H23ClN2O4/c1-11(2)8-20-3-4-22-13(9-20)7-19-17(21)12-5-14(18)16-15(6-12)23-10-24-16/h5-6,11,13H,3-4,7-10H2,1-2H3,(H,19,21). The van der Waals surface area contributed by atoms with Crippen LogP contribution in [0.2, 0.25) is 5.02 Å². The Labute approximate surface area is 147 Å². The maximum Gasteiger partial charge on any atom is 0.251 e. The number of hydrogen-bond acceptors (Lipinski definition) is 5. The molecule has 1 atom stereocenters. The van der Waals surface area contributed by atoms with Crippen molar-refractivity contribution in [2.24, 2.45) is 5.92 Å². The summed E-state index contributed by atoms with van der Waals surface area (Å²) in [6.07, 6.45) is 0.00549. The van der Waals surface area contributed by atoms with E-state index in [0.29, 0.717) is 41.2 Å². The first-order valence-corrected chi connectivity index (χ1v) is 8.62. The molecule has 24 heavy (non-hydrogen) atoms. The number of nitrogens with zero attached hydrogens (tertiary/aromatic N) is 1. The third-order valence-electron chi connectivity index (χ3n) is 4.03. The first-order chi connectivity index (χ1) is 11.5. The third kappa shape index (κ3) is 4.12. The molecule has 2 aliphatic rings. The Bertz CT molecular complexity index is 608. The molecule has 132 valence electrons. The fourth-order valence-corrected chi connectivity index (χ4v) is 3.26.